The number of nitrogens with one attached hydrogen (secondary N) is 2. The summed E-state index contributed by atoms with van der Waals surface area (Å²) in [6, 6.07) is 10.3. The van der Waals surface area contributed by atoms with Crippen LogP contribution in [0.25, 0.3) is 10.9 Å². The van der Waals surface area contributed by atoms with Crippen molar-refractivity contribution in [1.82, 2.24) is 10.3 Å². The molecule has 3 nitrogen and oxygen atoms in total. The fourth-order valence-electron chi connectivity index (χ4n) is 2.15. The molecule has 0 spiro atoms. The number of aromatic amines is 1. The van der Waals surface area contributed by atoms with Gasteiger partial charge in [0.15, 0.2) is 0 Å². The van der Waals surface area contributed by atoms with E-state index in [0.29, 0.717) is 5.56 Å². The lowest BCUT2D eigenvalue weighted by Gasteiger charge is -2.07. The summed E-state index contributed by atoms with van der Waals surface area (Å²) in [6.07, 6.45) is 1.79. The number of aromatic nitrogens is 1. The Bertz CT molecular complexity index is 811. The number of halogens is 2. The van der Waals surface area contributed by atoms with Gasteiger partial charge in [-0.1, -0.05) is 6.07 Å². The van der Waals surface area contributed by atoms with Crippen LogP contribution in [-0.4, -0.2) is 10.9 Å². The van der Waals surface area contributed by atoms with Crippen LogP contribution in [0.1, 0.15) is 15.9 Å². The molecule has 1 amide bonds. The highest BCUT2D eigenvalue weighted by molar-refractivity contribution is 5.97. The van der Waals surface area contributed by atoms with E-state index in [4.69, 9.17) is 0 Å². The summed E-state index contributed by atoms with van der Waals surface area (Å²) in [5.74, 6) is -1.42. The third kappa shape index (κ3) is 2.76. The maximum absolute atomic E-state index is 13.5. The molecule has 5 heteroatoms. The summed E-state index contributed by atoms with van der Waals surface area (Å²) in [7, 11) is 0. The number of amides is 1. The van der Waals surface area contributed by atoms with Crippen LogP contribution in [0.5, 0.6) is 0 Å². The summed E-state index contributed by atoms with van der Waals surface area (Å²) < 4.78 is 26.5. The number of carbonyl (C=O) groups is 1. The van der Waals surface area contributed by atoms with Crippen LogP contribution >= 0.6 is 0 Å². The molecule has 0 radical (unpaired) electrons. The minimum atomic E-state index is -0.545. The molecule has 0 saturated heterocycles. The first kappa shape index (κ1) is 13.3. The predicted molar refractivity (Wildman–Crippen MR) is 75.8 cm³/mol. The SMILES string of the molecule is O=C(NCc1cc(F)ccc1F)c1ccc2cc[nH]c2c1. The summed E-state index contributed by atoms with van der Waals surface area (Å²) in [5, 5.41) is 3.58. The lowest BCUT2D eigenvalue weighted by atomic mass is 10.1. The average molecular weight is 286 g/mol. The van der Waals surface area contributed by atoms with Crippen molar-refractivity contribution in [2.24, 2.45) is 0 Å². The first-order valence-electron chi connectivity index (χ1n) is 6.43. The molecule has 0 atom stereocenters. The van der Waals surface area contributed by atoms with Crippen LogP contribution < -0.4 is 5.32 Å². The minimum Gasteiger partial charge on any atom is -0.361 e. The number of hydrogen-bond donors (Lipinski definition) is 2. The van der Waals surface area contributed by atoms with Gasteiger partial charge < -0.3 is 10.3 Å². The van der Waals surface area contributed by atoms with E-state index in [1.165, 1.54) is 0 Å². The van der Waals surface area contributed by atoms with Crippen LogP contribution in [0.15, 0.2) is 48.7 Å². The summed E-state index contributed by atoms with van der Waals surface area (Å²) in [4.78, 5) is 15.1. The summed E-state index contributed by atoms with van der Waals surface area (Å²) in [5.41, 5.74) is 1.42. The van der Waals surface area contributed by atoms with E-state index in [9.17, 15) is 13.6 Å². The zero-order chi connectivity index (χ0) is 14.8. The van der Waals surface area contributed by atoms with Gasteiger partial charge in [0.25, 0.3) is 5.91 Å². The molecule has 0 aliphatic carbocycles. The van der Waals surface area contributed by atoms with Gasteiger partial charge >= 0.3 is 0 Å². The van der Waals surface area contributed by atoms with E-state index in [1.54, 1.807) is 18.3 Å². The van der Waals surface area contributed by atoms with Gasteiger partial charge in [-0.15, -0.1) is 0 Å². The molecule has 0 bridgehead atoms. The van der Waals surface area contributed by atoms with Crippen molar-refractivity contribution in [2.75, 3.05) is 0 Å². The van der Waals surface area contributed by atoms with E-state index in [-0.39, 0.29) is 18.0 Å². The Labute approximate surface area is 119 Å². The number of H-pyrrole nitrogens is 1. The molecule has 1 aromatic heterocycles. The molecule has 0 aliphatic heterocycles. The zero-order valence-corrected chi connectivity index (χ0v) is 11.0. The Hall–Kier alpha value is -2.69. The van der Waals surface area contributed by atoms with Gasteiger partial charge in [0.2, 0.25) is 0 Å². The molecule has 3 aromatic rings. The van der Waals surface area contributed by atoms with Crippen LogP contribution in [0, 0.1) is 11.6 Å². The standard InChI is InChI=1S/C16H12F2N2O/c17-13-3-4-14(18)12(7-13)9-20-16(21)11-2-1-10-5-6-19-15(10)8-11/h1-8,19H,9H2,(H,20,21). The molecule has 0 saturated carbocycles. The summed E-state index contributed by atoms with van der Waals surface area (Å²) in [6.45, 7) is -0.0643. The normalized spacial score (nSPS) is 10.8. The number of carbonyl (C=O) groups excluding carboxylic acids is 1. The van der Waals surface area contributed by atoms with Gasteiger partial charge in [-0.2, -0.15) is 0 Å². The molecule has 0 unspecified atom stereocenters. The molecule has 21 heavy (non-hydrogen) atoms. The molecular formula is C16H12F2N2O. The van der Waals surface area contributed by atoms with Crippen molar-refractivity contribution in [3.8, 4) is 0 Å². The molecule has 0 aliphatic rings. The number of hydrogen-bond acceptors (Lipinski definition) is 1. The first-order chi connectivity index (χ1) is 10.1. The molecule has 0 fully saturated rings. The van der Waals surface area contributed by atoms with Crippen LogP contribution in [0.4, 0.5) is 8.78 Å². The maximum Gasteiger partial charge on any atom is 0.251 e. The highest BCUT2D eigenvalue weighted by Crippen LogP contribution is 2.14. The van der Waals surface area contributed by atoms with Crippen molar-refractivity contribution in [3.63, 3.8) is 0 Å². The molecule has 2 N–H and O–H groups in total. The Morgan fingerprint density at radius 2 is 1.95 bits per heavy atom. The Morgan fingerprint density at radius 3 is 2.81 bits per heavy atom. The van der Waals surface area contributed by atoms with Gasteiger partial charge in [-0.25, -0.2) is 8.78 Å². The minimum absolute atomic E-state index is 0.0643. The van der Waals surface area contributed by atoms with E-state index < -0.39 is 11.6 Å². The van der Waals surface area contributed by atoms with Gasteiger partial charge in [0.1, 0.15) is 11.6 Å². The number of fused-ring (bicyclic) bond motifs is 1. The second kappa shape index (κ2) is 5.36. The molecule has 106 valence electrons. The first-order valence-corrected chi connectivity index (χ1v) is 6.43. The Balaban J connectivity index is 1.75. The summed E-state index contributed by atoms with van der Waals surface area (Å²) >= 11 is 0. The molecule has 2 aromatic carbocycles. The smallest absolute Gasteiger partial charge is 0.251 e. The molecule has 3 rings (SSSR count). The van der Waals surface area contributed by atoms with E-state index in [1.807, 2.05) is 12.1 Å². The monoisotopic (exact) mass is 286 g/mol. The molecular weight excluding hydrogens is 274 g/mol. The topological polar surface area (TPSA) is 44.9 Å². The van der Waals surface area contributed by atoms with Crippen molar-refractivity contribution < 1.29 is 13.6 Å². The Morgan fingerprint density at radius 1 is 1.10 bits per heavy atom. The van der Waals surface area contributed by atoms with E-state index in [0.717, 1.165) is 29.1 Å². The van der Waals surface area contributed by atoms with Crippen LogP contribution in [0.2, 0.25) is 0 Å². The van der Waals surface area contributed by atoms with Gasteiger partial charge in [-0.3, -0.25) is 4.79 Å². The second-order valence-electron chi connectivity index (χ2n) is 4.70. The number of benzene rings is 2. The van der Waals surface area contributed by atoms with E-state index >= 15 is 0 Å². The van der Waals surface area contributed by atoms with Crippen molar-refractivity contribution in [2.45, 2.75) is 6.54 Å². The van der Waals surface area contributed by atoms with Crippen LogP contribution in [0.3, 0.4) is 0 Å². The largest absolute Gasteiger partial charge is 0.361 e. The third-order valence-corrected chi connectivity index (χ3v) is 3.26. The highest BCUT2D eigenvalue weighted by atomic mass is 19.1. The van der Waals surface area contributed by atoms with Crippen molar-refractivity contribution >= 4 is 16.8 Å². The zero-order valence-electron chi connectivity index (χ0n) is 11.0. The highest BCUT2D eigenvalue weighted by Gasteiger charge is 2.09. The quantitative estimate of drug-likeness (QED) is 0.761. The second-order valence-corrected chi connectivity index (χ2v) is 4.70. The molecule has 1 heterocycles. The Kier molecular flexibility index (Phi) is 3.39. The number of rotatable bonds is 3. The van der Waals surface area contributed by atoms with Crippen molar-refractivity contribution in [3.05, 3.63) is 71.4 Å². The van der Waals surface area contributed by atoms with Gasteiger partial charge in [0.05, 0.1) is 0 Å². The lowest BCUT2D eigenvalue weighted by Crippen LogP contribution is -2.23. The van der Waals surface area contributed by atoms with Crippen LogP contribution in [-0.2, 0) is 6.54 Å². The van der Waals surface area contributed by atoms with Crippen molar-refractivity contribution in [1.29, 1.82) is 0 Å². The third-order valence-electron chi connectivity index (χ3n) is 3.26. The predicted octanol–water partition coefficient (Wildman–Crippen LogP) is 3.38. The van der Waals surface area contributed by atoms with E-state index in [2.05, 4.69) is 10.3 Å². The van der Waals surface area contributed by atoms with Gasteiger partial charge in [-0.05, 0) is 41.8 Å². The van der Waals surface area contributed by atoms with Gasteiger partial charge in [0, 0.05) is 29.4 Å². The fourth-order valence-corrected chi connectivity index (χ4v) is 2.15. The average Bonchev–Trinajstić information content (AvgIpc) is 2.95. The maximum atomic E-state index is 13.5. The fraction of sp³-hybridized carbons (Fsp3) is 0.0625. The lowest BCUT2D eigenvalue weighted by molar-refractivity contribution is 0.0950.